The van der Waals surface area contributed by atoms with Gasteiger partial charge in [0.15, 0.2) is 0 Å². The number of nitrogens with one attached hydrogen (secondary N) is 1. The second-order valence-corrected chi connectivity index (χ2v) is 7.47. The topological polar surface area (TPSA) is 75.3 Å². The Morgan fingerprint density at radius 1 is 1.50 bits per heavy atom. The van der Waals surface area contributed by atoms with Crippen molar-refractivity contribution in [2.75, 3.05) is 6.61 Å². The Morgan fingerprint density at radius 2 is 2.11 bits per heavy atom. The Balaban J connectivity index is 2.46. The number of carbonyl (C=O) groups excluding carboxylic acids is 1. The minimum atomic E-state index is -0.605. The standard InChI is InChI=1S/C13H26N2O2S/c1-9(6-7-16)18-10(2)8-13(3,12(14)17)15-11-4-5-11/h9-11,15-16H,4-8H2,1-3H3,(H2,14,17). The van der Waals surface area contributed by atoms with Crippen LogP contribution in [0, 0.1) is 0 Å². The number of aliphatic hydroxyl groups excluding tert-OH is 1. The Morgan fingerprint density at radius 3 is 2.56 bits per heavy atom. The zero-order chi connectivity index (χ0) is 13.8. The van der Waals surface area contributed by atoms with Crippen LogP contribution in [0.4, 0.5) is 0 Å². The lowest BCUT2D eigenvalue weighted by Crippen LogP contribution is -2.55. The highest BCUT2D eigenvalue weighted by molar-refractivity contribution is 8.00. The summed E-state index contributed by atoms with van der Waals surface area (Å²) in [5.41, 5.74) is 4.93. The first-order valence-corrected chi connectivity index (χ1v) is 7.65. The molecule has 0 aromatic rings. The predicted octanol–water partition coefficient (Wildman–Crippen LogP) is 1.27. The summed E-state index contributed by atoms with van der Waals surface area (Å²) in [5, 5.41) is 13.0. The maximum atomic E-state index is 11.6. The number of aliphatic hydroxyl groups is 1. The van der Waals surface area contributed by atoms with Crippen molar-refractivity contribution in [1.82, 2.24) is 5.32 Å². The molecule has 4 N–H and O–H groups in total. The van der Waals surface area contributed by atoms with Gasteiger partial charge in [-0.25, -0.2) is 0 Å². The molecule has 0 aromatic heterocycles. The van der Waals surface area contributed by atoms with E-state index in [2.05, 4.69) is 19.2 Å². The fourth-order valence-electron chi connectivity index (χ4n) is 2.18. The average Bonchev–Trinajstić information content (AvgIpc) is 3.00. The maximum absolute atomic E-state index is 11.6. The van der Waals surface area contributed by atoms with Gasteiger partial charge in [-0.3, -0.25) is 4.79 Å². The quantitative estimate of drug-likeness (QED) is 0.592. The number of carbonyl (C=O) groups is 1. The van der Waals surface area contributed by atoms with Crippen LogP contribution >= 0.6 is 11.8 Å². The first-order valence-electron chi connectivity index (χ1n) is 6.71. The summed E-state index contributed by atoms with van der Waals surface area (Å²) in [6.45, 7) is 6.34. The van der Waals surface area contributed by atoms with Crippen molar-refractivity contribution in [3.63, 3.8) is 0 Å². The smallest absolute Gasteiger partial charge is 0.237 e. The number of primary amides is 1. The molecular formula is C13H26N2O2S. The van der Waals surface area contributed by atoms with Crippen LogP contribution < -0.4 is 11.1 Å². The summed E-state index contributed by atoms with van der Waals surface area (Å²) in [6, 6.07) is 0.467. The summed E-state index contributed by atoms with van der Waals surface area (Å²) in [7, 11) is 0. The van der Waals surface area contributed by atoms with Gasteiger partial charge in [0.05, 0.1) is 5.54 Å². The Bertz CT molecular complexity index is 284. The minimum Gasteiger partial charge on any atom is -0.396 e. The highest BCUT2D eigenvalue weighted by atomic mass is 32.2. The molecule has 18 heavy (non-hydrogen) atoms. The highest BCUT2D eigenvalue weighted by Gasteiger charge is 2.38. The molecule has 1 saturated carbocycles. The molecular weight excluding hydrogens is 248 g/mol. The van der Waals surface area contributed by atoms with Gasteiger partial charge in [-0.05, 0) is 32.6 Å². The molecule has 5 heteroatoms. The molecule has 1 aliphatic rings. The van der Waals surface area contributed by atoms with E-state index in [0.717, 1.165) is 25.7 Å². The van der Waals surface area contributed by atoms with Crippen LogP contribution in [0.5, 0.6) is 0 Å². The average molecular weight is 274 g/mol. The summed E-state index contributed by atoms with van der Waals surface area (Å²) < 4.78 is 0. The predicted molar refractivity (Wildman–Crippen MR) is 76.6 cm³/mol. The third kappa shape index (κ3) is 5.16. The molecule has 1 amide bonds. The van der Waals surface area contributed by atoms with E-state index in [4.69, 9.17) is 10.8 Å². The second-order valence-electron chi connectivity index (χ2n) is 5.59. The first kappa shape index (κ1) is 15.8. The molecule has 0 bridgehead atoms. The second kappa shape index (κ2) is 6.78. The van der Waals surface area contributed by atoms with Crippen LogP contribution in [0.15, 0.2) is 0 Å². The minimum absolute atomic E-state index is 0.217. The molecule has 0 aromatic carbocycles. The summed E-state index contributed by atoms with van der Waals surface area (Å²) >= 11 is 1.81. The van der Waals surface area contributed by atoms with Gasteiger partial charge in [0.25, 0.3) is 0 Å². The molecule has 3 atom stereocenters. The molecule has 1 aliphatic carbocycles. The van der Waals surface area contributed by atoms with E-state index >= 15 is 0 Å². The molecule has 1 fully saturated rings. The van der Waals surface area contributed by atoms with Crippen molar-refractivity contribution in [1.29, 1.82) is 0 Å². The van der Waals surface area contributed by atoms with Gasteiger partial charge in [-0.15, -0.1) is 0 Å². The lowest BCUT2D eigenvalue weighted by atomic mass is 9.95. The molecule has 3 unspecified atom stereocenters. The van der Waals surface area contributed by atoms with Gasteiger partial charge in [-0.1, -0.05) is 13.8 Å². The van der Waals surface area contributed by atoms with Crippen molar-refractivity contribution >= 4 is 17.7 Å². The lowest BCUT2D eigenvalue weighted by Gasteiger charge is -2.31. The first-order chi connectivity index (χ1) is 8.37. The van der Waals surface area contributed by atoms with Crippen molar-refractivity contribution in [2.45, 2.75) is 68.5 Å². The molecule has 0 heterocycles. The molecule has 0 spiro atoms. The van der Waals surface area contributed by atoms with Gasteiger partial charge >= 0.3 is 0 Å². The summed E-state index contributed by atoms with van der Waals surface area (Å²) in [4.78, 5) is 11.6. The van der Waals surface area contributed by atoms with Crippen molar-refractivity contribution < 1.29 is 9.90 Å². The zero-order valence-corrected chi connectivity index (χ0v) is 12.4. The number of thioether (sulfide) groups is 1. The normalized spacial score (nSPS) is 22.2. The molecule has 0 saturated heterocycles. The maximum Gasteiger partial charge on any atom is 0.237 e. The van der Waals surface area contributed by atoms with Crippen LogP contribution in [0.1, 0.15) is 46.5 Å². The Kier molecular flexibility index (Phi) is 5.95. The molecule has 1 rings (SSSR count). The molecule has 0 aliphatic heterocycles. The number of rotatable bonds is 9. The molecule has 106 valence electrons. The Hall–Kier alpha value is -0.260. The van der Waals surface area contributed by atoms with Crippen LogP contribution in [0.3, 0.4) is 0 Å². The number of hydrogen-bond acceptors (Lipinski definition) is 4. The van der Waals surface area contributed by atoms with Crippen molar-refractivity contribution in [3.8, 4) is 0 Å². The molecule has 0 radical (unpaired) electrons. The van der Waals surface area contributed by atoms with E-state index in [0.29, 0.717) is 16.5 Å². The molecule has 4 nitrogen and oxygen atoms in total. The van der Waals surface area contributed by atoms with Gasteiger partial charge in [0.1, 0.15) is 0 Å². The van der Waals surface area contributed by atoms with E-state index in [1.54, 1.807) is 0 Å². The van der Waals surface area contributed by atoms with Crippen molar-refractivity contribution in [2.24, 2.45) is 5.73 Å². The fourth-order valence-corrected chi connectivity index (χ4v) is 3.64. The van der Waals surface area contributed by atoms with E-state index < -0.39 is 5.54 Å². The van der Waals surface area contributed by atoms with E-state index in [-0.39, 0.29) is 12.5 Å². The van der Waals surface area contributed by atoms with Crippen LogP contribution in [-0.2, 0) is 4.79 Å². The summed E-state index contributed by atoms with van der Waals surface area (Å²) in [5.74, 6) is -0.267. The SMILES string of the molecule is CC(CCO)SC(C)CC(C)(NC1CC1)C(N)=O. The van der Waals surface area contributed by atoms with Crippen LogP contribution in [0.2, 0.25) is 0 Å². The third-order valence-electron chi connectivity index (χ3n) is 3.34. The number of nitrogens with two attached hydrogens (primary N) is 1. The van der Waals surface area contributed by atoms with Crippen LogP contribution in [0.25, 0.3) is 0 Å². The van der Waals surface area contributed by atoms with Gasteiger partial charge < -0.3 is 16.2 Å². The number of amides is 1. The number of hydrogen-bond donors (Lipinski definition) is 3. The highest BCUT2D eigenvalue weighted by Crippen LogP contribution is 2.29. The largest absolute Gasteiger partial charge is 0.396 e. The van der Waals surface area contributed by atoms with E-state index in [1.807, 2.05) is 18.7 Å². The lowest BCUT2D eigenvalue weighted by molar-refractivity contribution is -0.124. The van der Waals surface area contributed by atoms with Gasteiger partial charge in [0, 0.05) is 23.1 Å². The van der Waals surface area contributed by atoms with E-state index in [9.17, 15) is 4.79 Å². The monoisotopic (exact) mass is 274 g/mol. The summed E-state index contributed by atoms with van der Waals surface area (Å²) in [6.07, 6.45) is 3.81. The van der Waals surface area contributed by atoms with Gasteiger partial charge in [-0.2, -0.15) is 11.8 Å². The van der Waals surface area contributed by atoms with Gasteiger partial charge in [0.2, 0.25) is 5.91 Å². The van der Waals surface area contributed by atoms with Crippen molar-refractivity contribution in [3.05, 3.63) is 0 Å². The third-order valence-corrected chi connectivity index (χ3v) is 4.67. The van der Waals surface area contributed by atoms with Crippen LogP contribution in [-0.4, -0.2) is 39.7 Å². The fraction of sp³-hybridized carbons (Fsp3) is 0.923. The van der Waals surface area contributed by atoms with E-state index in [1.165, 1.54) is 0 Å². The zero-order valence-electron chi connectivity index (χ0n) is 11.6. The Labute approximate surface area is 114 Å².